The average Bonchev–Trinajstić information content (AvgIpc) is 1.51. The first-order valence-corrected chi connectivity index (χ1v) is 52.0. The van der Waals surface area contributed by atoms with Crippen LogP contribution in [0.4, 0.5) is 0 Å². The van der Waals surface area contributed by atoms with Crippen LogP contribution in [-0.4, -0.2) is 32.8 Å². The maximum atomic E-state index is 5.83. The molecule has 0 fully saturated rings. The van der Waals surface area contributed by atoms with Crippen LogP contribution in [0.5, 0.6) is 0 Å². The van der Waals surface area contributed by atoms with Crippen molar-refractivity contribution in [2.24, 2.45) is 0 Å². The van der Waals surface area contributed by atoms with Gasteiger partial charge in [-0.05, 0) is 270 Å². The fourth-order valence-corrected chi connectivity index (χ4v) is 27.5. The van der Waals surface area contributed by atoms with Crippen molar-refractivity contribution < 1.29 is 0 Å². The van der Waals surface area contributed by atoms with Crippen LogP contribution < -0.4 is 0 Å². The van der Waals surface area contributed by atoms with Gasteiger partial charge < -0.3 is 18.3 Å². The summed E-state index contributed by atoms with van der Waals surface area (Å²) in [5.74, 6) is 0.794. The first-order chi connectivity index (χ1) is 74.5. The first-order valence-electron chi connectivity index (χ1n) is 52.0. The third-order valence-electron chi connectivity index (χ3n) is 33.5. The molecule has 5 aliphatic carbocycles. The fourth-order valence-electron chi connectivity index (χ4n) is 27.5. The Kier molecular flexibility index (Phi) is 16.8. The van der Waals surface area contributed by atoms with Crippen molar-refractivity contribution in [3.05, 3.63) is 503 Å². The molecular formula is C143H83N7. The molecule has 0 saturated carbocycles. The number of hydrogen-bond donors (Lipinski definition) is 0. The zero-order chi connectivity index (χ0) is 97.5. The van der Waals surface area contributed by atoms with Gasteiger partial charge in [-0.3, -0.25) is 4.57 Å². The maximum Gasteiger partial charge on any atom is 0.165 e. The van der Waals surface area contributed by atoms with E-state index in [1.807, 2.05) is 0 Å². The van der Waals surface area contributed by atoms with Crippen LogP contribution in [0.2, 0.25) is 0 Å². The monoisotopic (exact) mass is 1900 g/mol. The van der Waals surface area contributed by atoms with Crippen molar-refractivity contribution in [3.8, 4) is 151 Å². The van der Waals surface area contributed by atoms with Gasteiger partial charge in [-0.1, -0.05) is 382 Å². The molecule has 5 aliphatic rings. The Morgan fingerprint density at radius 3 is 1.20 bits per heavy atom. The Hall–Kier alpha value is -19.9. The summed E-state index contributed by atoms with van der Waals surface area (Å²) < 4.78 is 12.3. The number of benzene rings is 25. The van der Waals surface area contributed by atoms with Crippen molar-refractivity contribution in [2.75, 3.05) is 0 Å². The number of fused-ring (bicyclic) bond motifs is 26. The van der Waals surface area contributed by atoms with E-state index in [0.717, 1.165) is 89.6 Å². The smallest absolute Gasteiger partial charge is 0.165 e. The lowest BCUT2D eigenvalue weighted by Crippen LogP contribution is -2.04. The van der Waals surface area contributed by atoms with Gasteiger partial charge in [-0.25, -0.2) is 9.97 Å². The summed E-state index contributed by atoms with van der Waals surface area (Å²) in [6, 6.07) is 181. The predicted molar refractivity (Wildman–Crippen MR) is 628 cm³/mol. The summed E-state index contributed by atoms with van der Waals surface area (Å²) in [5, 5.41) is 25.4. The van der Waals surface area contributed by atoms with E-state index >= 15 is 0 Å². The summed E-state index contributed by atoms with van der Waals surface area (Å²) in [6.07, 6.45) is 0.966. The van der Waals surface area contributed by atoms with E-state index < -0.39 is 0 Å². The minimum absolute atomic E-state index is 0.794. The van der Waals surface area contributed by atoms with Gasteiger partial charge in [0.15, 0.2) is 5.82 Å². The zero-order valence-corrected chi connectivity index (χ0v) is 81.1. The molecule has 7 nitrogen and oxygen atoms in total. The SMILES string of the molecule is c1ccc(-c2ccc(-n3c4cc5c(c6c4c4c7c(cccc7ccc43)-c3ccccc3-6)-c3ccccc3C5)cc2)cc1.c1ccc(-n2c3ccccc3c3cc(-c4nc5c(ccc6ccccc65)nc4-n4c5cc6c(c7c5c5c8c(cccc8ccc54)-c4ccccc4-7)c4ccccc4n6-c4ccccc4)ccc32)cc1.c1ccc2c(c1)-c1cccc3c(-n4c5cccc6c5c5c7c(cccc7ccc54)-c4ccccc4-6)ccc-2c13. The summed E-state index contributed by atoms with van der Waals surface area (Å²) in [4.78, 5) is 11.6. The molecule has 36 rings (SSSR count). The average molecular weight is 1900 g/mol. The summed E-state index contributed by atoms with van der Waals surface area (Å²) in [5.41, 5.74) is 49.1. The Bertz CT molecular complexity index is 11400. The van der Waals surface area contributed by atoms with E-state index in [9.17, 15) is 0 Å². The van der Waals surface area contributed by atoms with Crippen molar-refractivity contribution in [3.63, 3.8) is 0 Å². The van der Waals surface area contributed by atoms with E-state index in [2.05, 4.69) is 514 Å². The van der Waals surface area contributed by atoms with Crippen molar-refractivity contribution >= 4 is 174 Å². The molecule has 31 aromatic rings. The van der Waals surface area contributed by atoms with Crippen LogP contribution in [0.15, 0.2) is 491 Å². The topological polar surface area (TPSA) is 50.4 Å². The summed E-state index contributed by atoms with van der Waals surface area (Å²) in [6.45, 7) is 0. The highest BCUT2D eigenvalue weighted by Crippen LogP contribution is 2.60. The second kappa shape index (κ2) is 30.9. The highest BCUT2D eigenvalue weighted by atomic mass is 15.1. The molecule has 0 saturated heterocycles. The fraction of sp³-hybridized carbons (Fsp3) is 0.00699. The molecule has 690 valence electrons. The molecule has 0 unspecified atom stereocenters. The number of hydrogen-bond acceptors (Lipinski definition) is 2. The predicted octanol–water partition coefficient (Wildman–Crippen LogP) is 37.7. The molecule has 0 radical (unpaired) electrons. The lowest BCUT2D eigenvalue weighted by atomic mass is 9.88. The van der Waals surface area contributed by atoms with E-state index in [1.54, 1.807) is 0 Å². The van der Waals surface area contributed by atoms with Crippen molar-refractivity contribution in [2.45, 2.75) is 6.42 Å². The molecule has 0 aliphatic heterocycles. The van der Waals surface area contributed by atoms with Gasteiger partial charge in [-0.2, -0.15) is 0 Å². The normalized spacial score (nSPS) is 12.5. The van der Waals surface area contributed by atoms with Crippen LogP contribution in [0.1, 0.15) is 11.1 Å². The van der Waals surface area contributed by atoms with Crippen LogP contribution in [0.3, 0.4) is 0 Å². The van der Waals surface area contributed by atoms with E-state index in [1.165, 1.54) is 253 Å². The summed E-state index contributed by atoms with van der Waals surface area (Å²) >= 11 is 0. The Labute approximate surface area is 860 Å². The third kappa shape index (κ3) is 11.2. The molecule has 25 aromatic carbocycles. The quantitative estimate of drug-likeness (QED) is 0.149. The Balaban J connectivity index is 0.000000102. The van der Waals surface area contributed by atoms with Gasteiger partial charge in [0, 0.05) is 98.4 Å². The molecule has 6 heterocycles. The summed E-state index contributed by atoms with van der Waals surface area (Å²) in [7, 11) is 0. The molecule has 0 N–H and O–H groups in total. The maximum absolute atomic E-state index is 5.83. The molecule has 0 amide bonds. The highest BCUT2D eigenvalue weighted by molar-refractivity contribution is 6.38. The second-order valence-corrected chi connectivity index (χ2v) is 41.0. The van der Waals surface area contributed by atoms with Crippen molar-refractivity contribution in [1.29, 1.82) is 0 Å². The van der Waals surface area contributed by atoms with Gasteiger partial charge in [0.2, 0.25) is 0 Å². The lowest BCUT2D eigenvalue weighted by Gasteiger charge is -2.17. The molecule has 150 heavy (non-hydrogen) atoms. The van der Waals surface area contributed by atoms with E-state index in [4.69, 9.17) is 9.97 Å². The number of rotatable bonds is 7. The van der Waals surface area contributed by atoms with Crippen LogP contribution in [0.25, 0.3) is 325 Å². The number of nitrogens with zero attached hydrogens (tertiary/aromatic N) is 7. The molecule has 7 heteroatoms. The van der Waals surface area contributed by atoms with Gasteiger partial charge in [0.1, 0.15) is 5.69 Å². The molecule has 0 spiro atoms. The van der Waals surface area contributed by atoms with Gasteiger partial charge in [-0.15, -0.1) is 0 Å². The van der Waals surface area contributed by atoms with Crippen LogP contribution in [0, 0.1) is 0 Å². The second-order valence-electron chi connectivity index (χ2n) is 41.0. The van der Waals surface area contributed by atoms with Crippen molar-refractivity contribution in [1.82, 2.24) is 32.8 Å². The van der Waals surface area contributed by atoms with E-state index in [0.29, 0.717) is 0 Å². The zero-order valence-electron chi connectivity index (χ0n) is 81.1. The lowest BCUT2D eigenvalue weighted by molar-refractivity contribution is 1.08. The largest absolute Gasteiger partial charge is 0.309 e. The van der Waals surface area contributed by atoms with Gasteiger partial charge in [0.05, 0.1) is 71.9 Å². The third-order valence-corrected chi connectivity index (χ3v) is 33.5. The Morgan fingerprint density at radius 1 is 0.167 bits per heavy atom. The number of para-hydroxylation sites is 4. The standard InChI is InChI=1S/C64H37N5.C41H25N.C38H21N/c1-3-18-41(19-4-1)67-51-28-13-11-24-45(51)49-36-40(32-34-53(49)67)62-64(65-50-33-30-38-16-7-8-22-43(38)63(50)66-62)69-54-35-31-39-17-15-27-46-44-23-9-10-25-47(44)59-58-48-26-12-14-29-52(48)68(42-20-5-2-6-21-42)55(58)37-56(69)61(59)60(54)57(39)46;1-2-9-25(10-3-1)26-17-20-30(21-18-26)42-35-22-19-27-12-8-16-33-32-14-6-7-15-34(32)39-38-29(23-28-11-4-5-13-31(28)38)24-36(42)41(39)40(35)37(27)33;1-3-11-25-23(9-1)27-13-5-8-22-18-20-34-38(35(22)27)37-29(25)15-7-17-33(37)39(34)32-21-19-30-26-12-4-2-10-24(26)28-14-6-16-31(32)36(28)30/h1-37H;1-22,24H,23H2;1-21H. The minimum Gasteiger partial charge on any atom is -0.309 e. The molecule has 6 aromatic heterocycles. The van der Waals surface area contributed by atoms with Gasteiger partial charge >= 0.3 is 0 Å². The molecular weight excluding hydrogens is 1820 g/mol. The number of aromatic nitrogens is 7. The Morgan fingerprint density at radius 2 is 0.560 bits per heavy atom. The van der Waals surface area contributed by atoms with Crippen LogP contribution >= 0.6 is 0 Å². The van der Waals surface area contributed by atoms with E-state index in [-0.39, 0.29) is 0 Å². The minimum atomic E-state index is 0.794. The highest BCUT2D eigenvalue weighted by Gasteiger charge is 2.37. The molecule has 0 atom stereocenters. The molecule has 0 bridgehead atoms. The van der Waals surface area contributed by atoms with Crippen LogP contribution in [-0.2, 0) is 6.42 Å². The van der Waals surface area contributed by atoms with Gasteiger partial charge in [0.25, 0.3) is 0 Å². The first kappa shape index (κ1) is 81.5.